The third kappa shape index (κ3) is 5.14. The van der Waals surface area contributed by atoms with E-state index in [0.717, 1.165) is 92.3 Å². The van der Waals surface area contributed by atoms with Crippen LogP contribution in [0.25, 0.3) is 11.2 Å². The van der Waals surface area contributed by atoms with E-state index in [4.69, 9.17) is 14.2 Å². The largest absolute Gasteiger partial charge is 0.493 e. The van der Waals surface area contributed by atoms with Crippen LogP contribution >= 0.6 is 0 Å². The van der Waals surface area contributed by atoms with Crippen molar-refractivity contribution >= 4 is 23.1 Å². The minimum absolute atomic E-state index is 0.0657. The van der Waals surface area contributed by atoms with E-state index in [1.54, 1.807) is 6.07 Å². The third-order valence-electron chi connectivity index (χ3n) is 10.4. The monoisotopic (exact) mass is 615 g/mol. The number of ether oxygens (including phenoxy) is 3. The number of rotatable bonds is 7. The molecule has 1 unspecified atom stereocenters. The fourth-order valence-corrected chi connectivity index (χ4v) is 8.10. The van der Waals surface area contributed by atoms with Crippen LogP contribution in [0.2, 0.25) is 0 Å². The van der Waals surface area contributed by atoms with E-state index in [0.29, 0.717) is 38.9 Å². The number of amides is 1. The van der Waals surface area contributed by atoms with E-state index >= 15 is 0 Å². The SMILES string of the molecule is O=C(O)c1cc2n3c(c(C4CCCCC4)n2n1)C1=C(C=C(OCC2=C(N4CCOCC4)C=CC(N4CCCC4=O)C2)CC1)OC3. The molecule has 3 aliphatic carbocycles. The molecule has 1 N–H and O–H groups in total. The van der Waals surface area contributed by atoms with Gasteiger partial charge in [0.05, 0.1) is 30.6 Å². The average Bonchev–Trinajstić information content (AvgIpc) is 3.78. The molecule has 2 aromatic rings. The lowest BCUT2D eigenvalue weighted by Gasteiger charge is -2.36. The van der Waals surface area contributed by atoms with Gasteiger partial charge in [0.15, 0.2) is 12.4 Å². The number of carbonyl (C=O) groups is 2. The predicted octanol–water partition coefficient (Wildman–Crippen LogP) is 4.81. The van der Waals surface area contributed by atoms with Crippen molar-refractivity contribution in [2.24, 2.45) is 0 Å². The van der Waals surface area contributed by atoms with Crippen LogP contribution in [0.4, 0.5) is 0 Å². The highest BCUT2D eigenvalue weighted by Crippen LogP contribution is 2.44. The summed E-state index contributed by atoms with van der Waals surface area (Å²) in [6.45, 7) is 4.73. The quantitative estimate of drug-likeness (QED) is 0.473. The fourth-order valence-electron chi connectivity index (χ4n) is 8.10. The molecule has 6 aliphatic rings. The lowest BCUT2D eigenvalue weighted by Crippen LogP contribution is -2.40. The van der Waals surface area contributed by atoms with Crippen LogP contribution in [0.15, 0.2) is 47.1 Å². The third-order valence-corrected chi connectivity index (χ3v) is 10.4. The number of aromatic carboxylic acids is 1. The summed E-state index contributed by atoms with van der Waals surface area (Å²) in [7, 11) is 0. The zero-order valence-electron chi connectivity index (χ0n) is 25.7. The maximum atomic E-state index is 12.6. The van der Waals surface area contributed by atoms with Gasteiger partial charge >= 0.3 is 5.97 Å². The van der Waals surface area contributed by atoms with Gasteiger partial charge in [0, 0.05) is 61.8 Å². The molecule has 3 fully saturated rings. The van der Waals surface area contributed by atoms with Crippen LogP contribution < -0.4 is 0 Å². The summed E-state index contributed by atoms with van der Waals surface area (Å²) in [5, 5.41) is 14.2. The molecule has 0 aromatic carbocycles. The highest BCUT2D eigenvalue weighted by molar-refractivity contribution is 5.87. The van der Waals surface area contributed by atoms with Gasteiger partial charge in [0.25, 0.3) is 0 Å². The number of nitrogens with zero attached hydrogens (tertiary/aromatic N) is 5. The number of likely N-dealkylation sites (tertiary alicyclic amines) is 1. The molecule has 2 saturated heterocycles. The molecule has 1 saturated carbocycles. The number of allylic oxidation sites excluding steroid dienone is 4. The van der Waals surface area contributed by atoms with Crippen LogP contribution in [0.1, 0.15) is 92.0 Å². The number of morpholine rings is 1. The Morgan fingerprint density at radius 3 is 2.69 bits per heavy atom. The molecule has 0 bridgehead atoms. The van der Waals surface area contributed by atoms with Gasteiger partial charge in [0.2, 0.25) is 5.91 Å². The number of aromatic nitrogens is 3. The van der Waals surface area contributed by atoms with Crippen LogP contribution in [0, 0.1) is 0 Å². The summed E-state index contributed by atoms with van der Waals surface area (Å²) in [5.74, 6) is 1.32. The Kier molecular flexibility index (Phi) is 7.43. The smallest absolute Gasteiger partial charge is 0.356 e. The van der Waals surface area contributed by atoms with Gasteiger partial charge in [0.1, 0.15) is 23.8 Å². The van der Waals surface area contributed by atoms with Crippen LogP contribution in [0.3, 0.4) is 0 Å². The van der Waals surface area contributed by atoms with Crippen molar-refractivity contribution in [1.29, 1.82) is 0 Å². The minimum atomic E-state index is -1.01. The highest BCUT2D eigenvalue weighted by atomic mass is 16.5. The maximum absolute atomic E-state index is 12.6. The first-order valence-corrected chi connectivity index (χ1v) is 16.6. The van der Waals surface area contributed by atoms with Crippen molar-refractivity contribution in [3.8, 4) is 0 Å². The zero-order valence-corrected chi connectivity index (χ0v) is 25.7. The predicted molar refractivity (Wildman–Crippen MR) is 165 cm³/mol. The Balaban J connectivity index is 1.08. The first-order valence-electron chi connectivity index (χ1n) is 16.6. The molecule has 2 aromatic heterocycles. The van der Waals surface area contributed by atoms with Crippen LogP contribution in [-0.4, -0.2) is 86.5 Å². The molecule has 5 heterocycles. The summed E-state index contributed by atoms with van der Waals surface area (Å²) in [5.41, 5.74) is 6.69. The Labute approximate surface area is 262 Å². The number of carboxylic acids is 1. The van der Waals surface area contributed by atoms with E-state index in [1.165, 1.54) is 30.5 Å². The summed E-state index contributed by atoms with van der Waals surface area (Å²) in [6, 6.07) is 1.74. The summed E-state index contributed by atoms with van der Waals surface area (Å²) >= 11 is 0. The number of imidazole rings is 1. The topological polar surface area (TPSA) is 111 Å². The van der Waals surface area contributed by atoms with Crippen LogP contribution in [0.5, 0.6) is 0 Å². The van der Waals surface area contributed by atoms with Crippen molar-refractivity contribution in [3.63, 3.8) is 0 Å². The van der Waals surface area contributed by atoms with E-state index in [2.05, 4.69) is 32.8 Å². The highest BCUT2D eigenvalue weighted by Gasteiger charge is 2.35. The lowest BCUT2D eigenvalue weighted by molar-refractivity contribution is -0.128. The Hall–Kier alpha value is -3.99. The van der Waals surface area contributed by atoms with Crippen molar-refractivity contribution in [1.82, 2.24) is 24.0 Å². The molecule has 45 heavy (non-hydrogen) atoms. The number of fused-ring (bicyclic) bond motifs is 4. The molecule has 11 heteroatoms. The van der Waals surface area contributed by atoms with E-state index in [-0.39, 0.29) is 17.6 Å². The number of carboxylic acid groups (broad SMARTS) is 1. The number of carbonyl (C=O) groups excluding carboxylic acids is 1. The molecule has 1 atom stereocenters. The molecule has 238 valence electrons. The van der Waals surface area contributed by atoms with Gasteiger partial charge < -0.3 is 29.1 Å². The molecular formula is C34H41N5O6. The molecule has 11 nitrogen and oxygen atoms in total. The van der Waals surface area contributed by atoms with Gasteiger partial charge in [-0.1, -0.05) is 25.3 Å². The molecule has 8 rings (SSSR count). The van der Waals surface area contributed by atoms with E-state index in [9.17, 15) is 14.7 Å². The maximum Gasteiger partial charge on any atom is 0.356 e. The van der Waals surface area contributed by atoms with E-state index < -0.39 is 5.97 Å². The van der Waals surface area contributed by atoms with Crippen molar-refractivity contribution in [2.45, 2.75) is 82.9 Å². The van der Waals surface area contributed by atoms with Gasteiger partial charge in [-0.3, -0.25) is 9.36 Å². The first-order chi connectivity index (χ1) is 22.0. The Morgan fingerprint density at radius 1 is 1.07 bits per heavy atom. The van der Waals surface area contributed by atoms with Crippen LogP contribution in [-0.2, 0) is 25.7 Å². The molecule has 1 amide bonds. The van der Waals surface area contributed by atoms with Gasteiger partial charge in [-0.25, -0.2) is 9.31 Å². The summed E-state index contributed by atoms with van der Waals surface area (Å²) in [4.78, 5) is 28.8. The Morgan fingerprint density at radius 2 is 1.91 bits per heavy atom. The van der Waals surface area contributed by atoms with Gasteiger partial charge in [-0.15, -0.1) is 0 Å². The molecule has 0 radical (unpaired) electrons. The number of hydrogen-bond acceptors (Lipinski definition) is 7. The second-order valence-electron chi connectivity index (χ2n) is 13.0. The standard InChI is InChI=1S/C34H41N5O6/c40-31-7-4-12-37(31)24-8-11-28(36-13-15-43-16-14-36)23(17-24)20-44-25-9-10-26-29(18-25)45-21-38-30-19-27(34(41)42)35-39(30)32(33(26)38)22-5-2-1-3-6-22/h8,11,18-19,22,24H,1-7,9-10,12-17,20-21H2,(H,41,42). The summed E-state index contributed by atoms with van der Waals surface area (Å²) < 4.78 is 22.5. The molecule has 0 spiro atoms. The molecule has 3 aliphatic heterocycles. The van der Waals surface area contributed by atoms with E-state index in [1.807, 2.05) is 9.42 Å². The van der Waals surface area contributed by atoms with Gasteiger partial charge in [-0.2, -0.15) is 5.10 Å². The number of hydrogen-bond donors (Lipinski definition) is 1. The molecular weight excluding hydrogens is 574 g/mol. The first kappa shape index (κ1) is 28.5. The van der Waals surface area contributed by atoms with Crippen molar-refractivity contribution in [3.05, 3.63) is 64.2 Å². The lowest BCUT2D eigenvalue weighted by atomic mass is 9.84. The fraction of sp³-hybridized carbons (Fsp3) is 0.559. The Bertz CT molecular complexity index is 1650. The summed E-state index contributed by atoms with van der Waals surface area (Å²) in [6.07, 6.45) is 16.1. The zero-order chi connectivity index (χ0) is 30.5. The van der Waals surface area contributed by atoms with Crippen molar-refractivity contribution < 1.29 is 28.9 Å². The normalized spacial score (nSPS) is 24.2. The van der Waals surface area contributed by atoms with Crippen molar-refractivity contribution in [2.75, 3.05) is 39.5 Å². The second kappa shape index (κ2) is 11.7. The average molecular weight is 616 g/mol. The second-order valence-corrected chi connectivity index (χ2v) is 13.0. The van der Waals surface area contributed by atoms with Gasteiger partial charge in [-0.05, 0) is 43.8 Å². The minimum Gasteiger partial charge on any atom is -0.493 e.